The average molecular weight is 232 g/mol. The van der Waals surface area contributed by atoms with E-state index in [1.807, 2.05) is 10.6 Å². The zero-order chi connectivity index (χ0) is 12.9. The fourth-order valence-corrected chi connectivity index (χ4v) is 0.648. The molecule has 8 nitrogen and oxygen atoms in total. The van der Waals surface area contributed by atoms with Crippen molar-refractivity contribution in [2.45, 2.75) is 25.9 Å². The number of carboxylic acids is 2. The topological polar surface area (TPSA) is 133 Å². The fourth-order valence-electron chi connectivity index (χ4n) is 0.648. The average Bonchev–Trinajstić information content (AvgIpc) is 2.16. The van der Waals surface area contributed by atoms with Crippen molar-refractivity contribution < 1.29 is 29.4 Å². The number of carbonyl (C=O) groups excluding carboxylic acids is 2. The maximum atomic E-state index is 11.0. The first-order valence-electron chi connectivity index (χ1n) is 4.32. The van der Waals surface area contributed by atoms with Gasteiger partial charge in [0.15, 0.2) is 0 Å². The molecule has 0 aliphatic carbocycles. The Morgan fingerprint density at radius 3 is 1.25 bits per heavy atom. The predicted octanol–water partition coefficient (Wildman–Crippen LogP) is -1.83. The van der Waals surface area contributed by atoms with Crippen LogP contribution in [-0.4, -0.2) is 46.0 Å². The molecule has 0 saturated heterocycles. The van der Waals surface area contributed by atoms with Crippen molar-refractivity contribution in [3.8, 4) is 0 Å². The molecule has 0 spiro atoms. The molecule has 0 heterocycles. The van der Waals surface area contributed by atoms with Crippen LogP contribution in [0.2, 0.25) is 0 Å². The minimum absolute atomic E-state index is 1.17. The molecule has 0 aliphatic heterocycles. The summed E-state index contributed by atoms with van der Waals surface area (Å²) < 4.78 is 0. The van der Waals surface area contributed by atoms with E-state index < -0.39 is 35.8 Å². The van der Waals surface area contributed by atoms with Gasteiger partial charge in [0.2, 0.25) is 0 Å². The lowest BCUT2D eigenvalue weighted by Crippen LogP contribution is -2.49. The van der Waals surface area contributed by atoms with Crippen LogP contribution in [0.5, 0.6) is 0 Å². The maximum Gasteiger partial charge on any atom is 0.325 e. The number of aliphatic carboxylic acids is 2. The van der Waals surface area contributed by atoms with Crippen molar-refractivity contribution in [3.05, 3.63) is 0 Å². The highest BCUT2D eigenvalue weighted by atomic mass is 16.4. The van der Waals surface area contributed by atoms with E-state index in [9.17, 15) is 19.2 Å². The third-order valence-electron chi connectivity index (χ3n) is 1.64. The summed E-state index contributed by atoms with van der Waals surface area (Å²) >= 11 is 0. The fraction of sp³-hybridized carbons (Fsp3) is 0.500. The van der Waals surface area contributed by atoms with Crippen LogP contribution in [0.4, 0.5) is 0 Å². The van der Waals surface area contributed by atoms with Crippen LogP contribution >= 0.6 is 0 Å². The molecular weight excluding hydrogens is 220 g/mol. The summed E-state index contributed by atoms with van der Waals surface area (Å²) in [5, 5.41) is 20.6. The van der Waals surface area contributed by atoms with Crippen LogP contribution < -0.4 is 10.6 Å². The van der Waals surface area contributed by atoms with Gasteiger partial charge in [-0.2, -0.15) is 0 Å². The lowest BCUT2D eigenvalue weighted by molar-refractivity contribution is -0.146. The first-order chi connectivity index (χ1) is 7.25. The summed E-state index contributed by atoms with van der Waals surface area (Å²) in [4.78, 5) is 42.8. The number of nitrogens with one attached hydrogen (secondary N) is 2. The Hall–Kier alpha value is -2.12. The number of carboxylic acid groups (broad SMARTS) is 2. The van der Waals surface area contributed by atoms with Crippen LogP contribution in [0.1, 0.15) is 13.8 Å². The van der Waals surface area contributed by atoms with Crippen molar-refractivity contribution in [1.82, 2.24) is 10.6 Å². The van der Waals surface area contributed by atoms with Gasteiger partial charge in [0.05, 0.1) is 0 Å². The summed E-state index contributed by atoms with van der Waals surface area (Å²) in [7, 11) is 0. The first kappa shape index (κ1) is 13.9. The Balaban J connectivity index is 4.25. The van der Waals surface area contributed by atoms with Gasteiger partial charge in [-0.05, 0) is 13.8 Å². The number of amides is 2. The monoisotopic (exact) mass is 232 g/mol. The molecule has 0 aromatic heterocycles. The zero-order valence-electron chi connectivity index (χ0n) is 8.68. The number of hydrogen-bond donors (Lipinski definition) is 4. The maximum absolute atomic E-state index is 11.0. The highest BCUT2D eigenvalue weighted by molar-refractivity contribution is 6.35. The number of carbonyl (C=O) groups is 4. The summed E-state index contributed by atoms with van der Waals surface area (Å²) in [5.41, 5.74) is 0. The Morgan fingerprint density at radius 1 is 0.812 bits per heavy atom. The summed E-state index contributed by atoms with van der Waals surface area (Å²) in [6.07, 6.45) is 0. The minimum Gasteiger partial charge on any atom is -0.480 e. The smallest absolute Gasteiger partial charge is 0.325 e. The molecule has 0 rings (SSSR count). The molecule has 0 unspecified atom stereocenters. The number of rotatable bonds is 4. The second kappa shape index (κ2) is 5.69. The van der Waals surface area contributed by atoms with Crippen molar-refractivity contribution in [3.63, 3.8) is 0 Å². The molecule has 8 heteroatoms. The van der Waals surface area contributed by atoms with Gasteiger partial charge >= 0.3 is 23.8 Å². The molecule has 4 N–H and O–H groups in total. The van der Waals surface area contributed by atoms with E-state index in [1.165, 1.54) is 13.8 Å². The van der Waals surface area contributed by atoms with Crippen molar-refractivity contribution >= 4 is 23.8 Å². The van der Waals surface area contributed by atoms with Crippen LogP contribution in [0.15, 0.2) is 0 Å². The van der Waals surface area contributed by atoms with Crippen molar-refractivity contribution in [2.24, 2.45) is 0 Å². The Labute approximate surface area is 90.6 Å². The van der Waals surface area contributed by atoms with Gasteiger partial charge in [-0.25, -0.2) is 0 Å². The third-order valence-corrected chi connectivity index (χ3v) is 1.64. The van der Waals surface area contributed by atoms with E-state index in [-0.39, 0.29) is 0 Å². The second-order valence-corrected chi connectivity index (χ2v) is 3.07. The Bertz CT molecular complexity index is 294. The van der Waals surface area contributed by atoms with Gasteiger partial charge in [-0.3, -0.25) is 19.2 Å². The van der Waals surface area contributed by atoms with Crippen LogP contribution in [0.3, 0.4) is 0 Å². The third kappa shape index (κ3) is 4.40. The molecule has 0 aromatic rings. The van der Waals surface area contributed by atoms with Gasteiger partial charge in [0.1, 0.15) is 12.1 Å². The van der Waals surface area contributed by atoms with Gasteiger partial charge in [0, 0.05) is 0 Å². The van der Waals surface area contributed by atoms with E-state index >= 15 is 0 Å². The Kier molecular flexibility index (Phi) is 4.93. The van der Waals surface area contributed by atoms with E-state index in [2.05, 4.69) is 0 Å². The quantitative estimate of drug-likeness (QED) is 0.421. The van der Waals surface area contributed by atoms with E-state index in [0.717, 1.165) is 0 Å². The normalized spacial score (nSPS) is 13.4. The van der Waals surface area contributed by atoms with Crippen molar-refractivity contribution in [1.29, 1.82) is 0 Å². The highest BCUT2D eigenvalue weighted by Gasteiger charge is 2.22. The molecule has 0 radical (unpaired) electrons. The van der Waals surface area contributed by atoms with Crippen molar-refractivity contribution in [2.75, 3.05) is 0 Å². The molecule has 16 heavy (non-hydrogen) atoms. The Morgan fingerprint density at radius 2 is 1.06 bits per heavy atom. The lowest BCUT2D eigenvalue weighted by Gasteiger charge is -2.11. The summed E-state index contributed by atoms with van der Waals surface area (Å²) in [6.45, 7) is 2.35. The molecule has 0 saturated carbocycles. The van der Waals surface area contributed by atoms with E-state index in [4.69, 9.17) is 10.2 Å². The second-order valence-electron chi connectivity index (χ2n) is 3.07. The zero-order valence-corrected chi connectivity index (χ0v) is 8.68. The number of hydrogen-bond acceptors (Lipinski definition) is 4. The molecule has 0 bridgehead atoms. The molecule has 0 aromatic carbocycles. The molecular formula is C8H12N2O6. The summed E-state index contributed by atoms with van der Waals surface area (Å²) in [6, 6.07) is -2.45. The van der Waals surface area contributed by atoms with Crippen LogP contribution in [-0.2, 0) is 19.2 Å². The van der Waals surface area contributed by atoms with E-state index in [1.54, 1.807) is 0 Å². The standard InChI is InChI=1S/C8H12N2O6/c1-3(7(13)14)9-5(11)6(12)10-4(2)8(15)16/h3-4H,1-2H3,(H,9,11)(H,10,12)(H,13,14)(H,15,16)/t3-,4-/m0/s1. The largest absolute Gasteiger partial charge is 0.480 e. The SMILES string of the molecule is C[C@H](NC(=O)C(=O)N[C@@H](C)C(=O)O)C(=O)O. The molecule has 0 aliphatic rings. The van der Waals surface area contributed by atoms with Crippen LogP contribution in [0.25, 0.3) is 0 Å². The van der Waals surface area contributed by atoms with E-state index in [0.29, 0.717) is 0 Å². The van der Waals surface area contributed by atoms with Gasteiger partial charge < -0.3 is 20.8 Å². The predicted molar refractivity (Wildman–Crippen MR) is 50.5 cm³/mol. The molecule has 2 atom stereocenters. The molecule has 2 amide bonds. The molecule has 90 valence electrons. The van der Waals surface area contributed by atoms with Crippen LogP contribution in [0, 0.1) is 0 Å². The van der Waals surface area contributed by atoms with Gasteiger partial charge in [-0.15, -0.1) is 0 Å². The summed E-state index contributed by atoms with van der Waals surface area (Å²) in [5.74, 6) is -4.98. The first-order valence-corrected chi connectivity index (χ1v) is 4.32. The molecule has 0 fully saturated rings. The van der Waals surface area contributed by atoms with Gasteiger partial charge in [0.25, 0.3) is 0 Å². The highest BCUT2D eigenvalue weighted by Crippen LogP contribution is 1.84. The minimum atomic E-state index is -1.30. The lowest BCUT2D eigenvalue weighted by atomic mass is 10.3. The van der Waals surface area contributed by atoms with Gasteiger partial charge in [-0.1, -0.05) is 0 Å².